The summed E-state index contributed by atoms with van der Waals surface area (Å²) in [5.41, 5.74) is 5.05. The van der Waals surface area contributed by atoms with Crippen molar-refractivity contribution in [2.75, 3.05) is 13.2 Å². The fourth-order valence-electron chi connectivity index (χ4n) is 3.07. The van der Waals surface area contributed by atoms with E-state index < -0.39 is 0 Å². The molecule has 1 aliphatic rings. The van der Waals surface area contributed by atoms with Crippen molar-refractivity contribution in [2.45, 2.75) is 33.7 Å². The molecule has 0 saturated heterocycles. The summed E-state index contributed by atoms with van der Waals surface area (Å²) in [5.74, 6) is 0.759. The Labute approximate surface area is 142 Å². The minimum atomic E-state index is -0.0670. The standard InChI is InChI=1S/C19H23N3O2/c1-4-22-14(3)17(13(2)21-22)9-10-20-19(23)16-11-15-7-5-6-8-18(15)24-12-16/h5-8,11H,4,9-10,12H2,1-3H3,(H,20,23). The topological polar surface area (TPSA) is 56.2 Å². The number of carbonyl (C=O) groups excluding carboxylic acids is 1. The third-order valence-electron chi connectivity index (χ3n) is 4.42. The van der Waals surface area contributed by atoms with Crippen molar-refractivity contribution in [3.05, 3.63) is 52.4 Å². The molecule has 1 aromatic carbocycles. The number of aromatic nitrogens is 2. The number of aryl methyl sites for hydroxylation is 2. The molecule has 0 saturated carbocycles. The number of carbonyl (C=O) groups is 1. The molecule has 5 nitrogen and oxygen atoms in total. The van der Waals surface area contributed by atoms with Crippen LogP contribution < -0.4 is 10.1 Å². The minimum Gasteiger partial charge on any atom is -0.488 e. The molecule has 0 fully saturated rings. The van der Waals surface area contributed by atoms with Crippen LogP contribution in [0.15, 0.2) is 29.8 Å². The second-order valence-electron chi connectivity index (χ2n) is 5.97. The van der Waals surface area contributed by atoms with Gasteiger partial charge in [0, 0.05) is 24.3 Å². The van der Waals surface area contributed by atoms with Crippen LogP contribution in [0.4, 0.5) is 0 Å². The number of fused-ring (bicyclic) bond motifs is 1. The van der Waals surface area contributed by atoms with Crippen LogP contribution >= 0.6 is 0 Å². The van der Waals surface area contributed by atoms with E-state index in [-0.39, 0.29) is 5.91 Å². The zero-order chi connectivity index (χ0) is 17.1. The van der Waals surface area contributed by atoms with Crippen LogP contribution in [0.1, 0.15) is 29.4 Å². The van der Waals surface area contributed by atoms with E-state index in [0.29, 0.717) is 18.7 Å². The van der Waals surface area contributed by atoms with Gasteiger partial charge in [0.15, 0.2) is 0 Å². The number of hydrogen-bond donors (Lipinski definition) is 1. The van der Waals surface area contributed by atoms with Crippen molar-refractivity contribution in [2.24, 2.45) is 0 Å². The molecule has 0 spiro atoms. The van der Waals surface area contributed by atoms with Crippen molar-refractivity contribution >= 4 is 12.0 Å². The smallest absolute Gasteiger partial charge is 0.250 e. The summed E-state index contributed by atoms with van der Waals surface area (Å²) in [7, 11) is 0. The molecule has 1 aliphatic heterocycles. The average molecular weight is 325 g/mol. The third kappa shape index (κ3) is 3.20. The summed E-state index contributed by atoms with van der Waals surface area (Å²) in [5, 5.41) is 7.50. The molecular weight excluding hydrogens is 302 g/mol. The van der Waals surface area contributed by atoms with Gasteiger partial charge < -0.3 is 10.1 Å². The molecule has 2 heterocycles. The molecule has 0 aliphatic carbocycles. The average Bonchev–Trinajstić information content (AvgIpc) is 2.88. The maximum atomic E-state index is 12.3. The van der Waals surface area contributed by atoms with E-state index in [9.17, 15) is 4.79 Å². The number of para-hydroxylation sites is 1. The van der Waals surface area contributed by atoms with E-state index in [1.54, 1.807) is 0 Å². The van der Waals surface area contributed by atoms with E-state index in [1.807, 2.05) is 41.9 Å². The largest absolute Gasteiger partial charge is 0.488 e. The molecule has 0 bridgehead atoms. The van der Waals surface area contributed by atoms with E-state index in [0.717, 1.165) is 30.0 Å². The predicted molar refractivity (Wildman–Crippen MR) is 94.0 cm³/mol. The SMILES string of the molecule is CCn1nc(C)c(CCNC(=O)C2=Cc3ccccc3OC2)c1C. The van der Waals surface area contributed by atoms with Gasteiger partial charge in [0.25, 0.3) is 5.91 Å². The molecule has 24 heavy (non-hydrogen) atoms. The number of rotatable bonds is 5. The maximum Gasteiger partial charge on any atom is 0.250 e. The van der Waals surface area contributed by atoms with Gasteiger partial charge in [0.05, 0.1) is 11.3 Å². The second kappa shape index (κ2) is 6.91. The van der Waals surface area contributed by atoms with Crippen molar-refractivity contribution in [3.8, 4) is 5.75 Å². The van der Waals surface area contributed by atoms with E-state index in [2.05, 4.69) is 24.3 Å². The fourth-order valence-corrected chi connectivity index (χ4v) is 3.07. The molecule has 1 amide bonds. The van der Waals surface area contributed by atoms with Crippen molar-refractivity contribution in [3.63, 3.8) is 0 Å². The van der Waals surface area contributed by atoms with E-state index in [1.165, 1.54) is 11.3 Å². The molecule has 5 heteroatoms. The molecule has 1 aromatic heterocycles. The fraction of sp³-hybridized carbons (Fsp3) is 0.368. The number of nitrogens with one attached hydrogen (secondary N) is 1. The predicted octanol–water partition coefficient (Wildman–Crippen LogP) is 2.65. The van der Waals surface area contributed by atoms with Crippen LogP contribution in [0.5, 0.6) is 5.75 Å². The Morgan fingerprint density at radius 3 is 2.88 bits per heavy atom. The number of nitrogens with zero attached hydrogens (tertiary/aromatic N) is 2. The number of amides is 1. The van der Waals surface area contributed by atoms with Crippen LogP contribution in [0.25, 0.3) is 6.08 Å². The van der Waals surface area contributed by atoms with Gasteiger partial charge in [0.2, 0.25) is 0 Å². The Morgan fingerprint density at radius 1 is 1.33 bits per heavy atom. The van der Waals surface area contributed by atoms with Crippen molar-refractivity contribution in [1.82, 2.24) is 15.1 Å². The second-order valence-corrected chi connectivity index (χ2v) is 5.97. The number of ether oxygens (including phenoxy) is 1. The third-order valence-corrected chi connectivity index (χ3v) is 4.42. The van der Waals surface area contributed by atoms with Gasteiger partial charge in [-0.05, 0) is 44.9 Å². The number of hydrogen-bond acceptors (Lipinski definition) is 3. The van der Waals surface area contributed by atoms with Gasteiger partial charge in [-0.25, -0.2) is 0 Å². The number of benzene rings is 1. The summed E-state index contributed by atoms with van der Waals surface area (Å²) in [6, 6.07) is 7.74. The van der Waals surface area contributed by atoms with E-state index >= 15 is 0 Å². The first-order chi connectivity index (χ1) is 11.6. The first-order valence-electron chi connectivity index (χ1n) is 8.33. The van der Waals surface area contributed by atoms with Crippen LogP contribution in [-0.2, 0) is 17.8 Å². The summed E-state index contributed by atoms with van der Waals surface area (Å²) < 4.78 is 7.64. The highest BCUT2D eigenvalue weighted by Crippen LogP contribution is 2.25. The summed E-state index contributed by atoms with van der Waals surface area (Å²) >= 11 is 0. The van der Waals surface area contributed by atoms with Crippen LogP contribution in [-0.4, -0.2) is 28.8 Å². The highest BCUT2D eigenvalue weighted by atomic mass is 16.5. The first-order valence-corrected chi connectivity index (χ1v) is 8.33. The molecule has 126 valence electrons. The molecule has 1 N–H and O–H groups in total. The summed E-state index contributed by atoms with van der Waals surface area (Å²) in [6.07, 6.45) is 2.69. The lowest BCUT2D eigenvalue weighted by Gasteiger charge is -2.17. The van der Waals surface area contributed by atoms with E-state index in [4.69, 9.17) is 4.74 Å². The van der Waals surface area contributed by atoms with Gasteiger partial charge in [-0.15, -0.1) is 0 Å². The van der Waals surface area contributed by atoms with Gasteiger partial charge in [-0.1, -0.05) is 18.2 Å². The highest BCUT2D eigenvalue weighted by Gasteiger charge is 2.17. The van der Waals surface area contributed by atoms with Crippen molar-refractivity contribution < 1.29 is 9.53 Å². The summed E-state index contributed by atoms with van der Waals surface area (Å²) in [4.78, 5) is 12.3. The molecule has 0 radical (unpaired) electrons. The Balaban J connectivity index is 1.61. The van der Waals surface area contributed by atoms with Crippen molar-refractivity contribution in [1.29, 1.82) is 0 Å². The minimum absolute atomic E-state index is 0.0670. The summed E-state index contributed by atoms with van der Waals surface area (Å²) in [6.45, 7) is 7.95. The Bertz CT molecular complexity index is 790. The zero-order valence-electron chi connectivity index (χ0n) is 14.4. The normalized spacial score (nSPS) is 13.0. The van der Waals surface area contributed by atoms with Gasteiger partial charge in [0.1, 0.15) is 12.4 Å². The molecule has 0 atom stereocenters. The van der Waals surface area contributed by atoms with Crippen LogP contribution in [0, 0.1) is 13.8 Å². The monoisotopic (exact) mass is 325 g/mol. The Morgan fingerprint density at radius 2 is 2.12 bits per heavy atom. The first kappa shape index (κ1) is 16.3. The maximum absolute atomic E-state index is 12.3. The zero-order valence-corrected chi connectivity index (χ0v) is 14.4. The van der Waals surface area contributed by atoms with Gasteiger partial charge >= 0.3 is 0 Å². The van der Waals surface area contributed by atoms with Gasteiger partial charge in [-0.3, -0.25) is 9.48 Å². The quantitative estimate of drug-likeness (QED) is 0.919. The molecular formula is C19H23N3O2. The lowest BCUT2D eigenvalue weighted by molar-refractivity contribution is -0.117. The van der Waals surface area contributed by atoms with Crippen LogP contribution in [0.2, 0.25) is 0 Å². The van der Waals surface area contributed by atoms with Crippen LogP contribution in [0.3, 0.4) is 0 Å². The molecule has 3 rings (SSSR count). The molecule has 0 unspecified atom stereocenters. The Hall–Kier alpha value is -2.56. The Kier molecular flexibility index (Phi) is 4.69. The lowest BCUT2D eigenvalue weighted by Crippen LogP contribution is -2.30. The molecule has 2 aromatic rings. The highest BCUT2D eigenvalue weighted by molar-refractivity contribution is 5.99. The lowest BCUT2D eigenvalue weighted by atomic mass is 10.1. The van der Waals surface area contributed by atoms with Gasteiger partial charge in [-0.2, -0.15) is 5.10 Å².